The maximum absolute atomic E-state index is 13.4. The van der Waals surface area contributed by atoms with E-state index in [0.717, 1.165) is 11.1 Å². The van der Waals surface area contributed by atoms with Gasteiger partial charge in [0, 0.05) is 18.2 Å². The third-order valence-electron chi connectivity index (χ3n) is 3.25. The molecule has 108 valence electrons. The molecule has 0 bridgehead atoms. The molecule has 0 fully saturated rings. The average Bonchev–Trinajstić information content (AvgIpc) is 2.45. The van der Waals surface area contributed by atoms with Crippen LogP contribution in [-0.2, 0) is 11.3 Å². The topological polar surface area (TPSA) is 29.1 Å². The Bertz CT molecular complexity index is 677. The Hall–Kier alpha value is -2.42. The highest BCUT2D eigenvalue weighted by molar-refractivity contribution is 5.91. The van der Waals surface area contributed by atoms with Gasteiger partial charge in [-0.1, -0.05) is 42.0 Å². The quantitative estimate of drug-likeness (QED) is 0.850. The van der Waals surface area contributed by atoms with Crippen LogP contribution in [0, 0.1) is 19.7 Å². The zero-order valence-corrected chi connectivity index (χ0v) is 12.2. The van der Waals surface area contributed by atoms with Crippen molar-refractivity contribution < 1.29 is 9.18 Å². The highest BCUT2D eigenvalue weighted by Gasteiger charge is 2.02. The molecule has 0 aliphatic rings. The first-order valence-electron chi connectivity index (χ1n) is 6.83. The van der Waals surface area contributed by atoms with Crippen LogP contribution in [0.25, 0.3) is 6.08 Å². The van der Waals surface area contributed by atoms with Crippen LogP contribution in [0.1, 0.15) is 22.3 Å². The first kappa shape index (κ1) is 15.0. The van der Waals surface area contributed by atoms with Crippen LogP contribution in [0.2, 0.25) is 0 Å². The number of benzene rings is 2. The minimum Gasteiger partial charge on any atom is -0.348 e. The van der Waals surface area contributed by atoms with Gasteiger partial charge in [0.2, 0.25) is 5.91 Å². The summed E-state index contributed by atoms with van der Waals surface area (Å²) in [6, 6.07) is 12.5. The van der Waals surface area contributed by atoms with Crippen molar-refractivity contribution in [3.63, 3.8) is 0 Å². The van der Waals surface area contributed by atoms with E-state index < -0.39 is 0 Å². The highest BCUT2D eigenvalue weighted by atomic mass is 19.1. The van der Waals surface area contributed by atoms with Crippen molar-refractivity contribution in [2.75, 3.05) is 0 Å². The molecular weight excluding hydrogens is 265 g/mol. The maximum Gasteiger partial charge on any atom is 0.244 e. The maximum atomic E-state index is 13.4. The number of carbonyl (C=O) groups excluding carboxylic acids is 1. The third-order valence-corrected chi connectivity index (χ3v) is 3.25. The lowest BCUT2D eigenvalue weighted by Gasteiger charge is -2.04. The SMILES string of the molecule is Cc1ccc(/C=C/C(=O)NCc2ccccc2F)c(C)c1. The number of aryl methyl sites for hydroxylation is 2. The van der Waals surface area contributed by atoms with Gasteiger partial charge in [0.25, 0.3) is 0 Å². The zero-order valence-electron chi connectivity index (χ0n) is 12.2. The molecule has 0 aromatic heterocycles. The van der Waals surface area contributed by atoms with E-state index in [-0.39, 0.29) is 18.3 Å². The number of halogens is 1. The summed E-state index contributed by atoms with van der Waals surface area (Å²) in [7, 11) is 0. The molecular formula is C18H18FNO. The molecule has 2 aromatic carbocycles. The third kappa shape index (κ3) is 4.28. The first-order chi connectivity index (χ1) is 10.1. The number of carbonyl (C=O) groups is 1. The van der Waals surface area contributed by atoms with Crippen LogP contribution < -0.4 is 5.32 Å². The van der Waals surface area contributed by atoms with Crippen molar-refractivity contribution in [3.8, 4) is 0 Å². The number of nitrogens with one attached hydrogen (secondary N) is 1. The molecule has 0 aliphatic heterocycles. The second-order valence-corrected chi connectivity index (χ2v) is 5.00. The van der Waals surface area contributed by atoms with Crippen molar-refractivity contribution in [2.24, 2.45) is 0 Å². The van der Waals surface area contributed by atoms with Crippen molar-refractivity contribution in [2.45, 2.75) is 20.4 Å². The van der Waals surface area contributed by atoms with E-state index in [1.54, 1.807) is 24.3 Å². The van der Waals surface area contributed by atoms with Crippen molar-refractivity contribution in [1.29, 1.82) is 0 Å². The second kappa shape index (κ2) is 6.84. The van der Waals surface area contributed by atoms with Crippen molar-refractivity contribution in [1.82, 2.24) is 5.32 Å². The Balaban J connectivity index is 1.95. The van der Waals surface area contributed by atoms with Crippen LogP contribution >= 0.6 is 0 Å². The van der Waals surface area contributed by atoms with E-state index in [1.165, 1.54) is 17.7 Å². The zero-order chi connectivity index (χ0) is 15.2. The van der Waals surface area contributed by atoms with E-state index in [0.29, 0.717) is 5.56 Å². The Morgan fingerprint density at radius 1 is 1.19 bits per heavy atom. The summed E-state index contributed by atoms with van der Waals surface area (Å²) in [4.78, 5) is 11.8. The van der Waals surface area contributed by atoms with Gasteiger partial charge in [-0.3, -0.25) is 4.79 Å². The summed E-state index contributed by atoms with van der Waals surface area (Å²) < 4.78 is 13.4. The Labute approximate surface area is 124 Å². The van der Waals surface area contributed by atoms with E-state index in [4.69, 9.17) is 0 Å². The molecule has 0 spiro atoms. The monoisotopic (exact) mass is 283 g/mol. The molecule has 0 radical (unpaired) electrons. The second-order valence-electron chi connectivity index (χ2n) is 5.00. The van der Waals surface area contributed by atoms with Crippen LogP contribution in [0.3, 0.4) is 0 Å². The fourth-order valence-electron chi connectivity index (χ4n) is 2.06. The van der Waals surface area contributed by atoms with Crippen LogP contribution in [0.15, 0.2) is 48.5 Å². The highest BCUT2D eigenvalue weighted by Crippen LogP contribution is 2.12. The van der Waals surface area contributed by atoms with Gasteiger partial charge in [0.1, 0.15) is 5.82 Å². The van der Waals surface area contributed by atoms with Gasteiger partial charge in [0.15, 0.2) is 0 Å². The van der Waals surface area contributed by atoms with Crippen LogP contribution in [0.5, 0.6) is 0 Å². The summed E-state index contributed by atoms with van der Waals surface area (Å²) in [6.07, 6.45) is 3.24. The van der Waals surface area contributed by atoms with Crippen LogP contribution in [0.4, 0.5) is 4.39 Å². The van der Waals surface area contributed by atoms with Gasteiger partial charge in [-0.05, 0) is 37.1 Å². The minimum absolute atomic E-state index is 0.183. The summed E-state index contributed by atoms with van der Waals surface area (Å²) >= 11 is 0. The standard InChI is InChI=1S/C18H18FNO/c1-13-7-8-15(14(2)11-13)9-10-18(21)20-12-16-5-3-4-6-17(16)19/h3-11H,12H2,1-2H3,(H,20,21)/b10-9+. The van der Waals surface area contributed by atoms with Gasteiger partial charge < -0.3 is 5.32 Å². The molecule has 2 rings (SSSR count). The predicted molar refractivity (Wildman–Crippen MR) is 83.2 cm³/mol. The van der Waals surface area contributed by atoms with Crippen molar-refractivity contribution >= 4 is 12.0 Å². The summed E-state index contributed by atoms with van der Waals surface area (Å²) in [5.74, 6) is -0.547. The normalized spacial score (nSPS) is 10.8. The van der Waals surface area contributed by atoms with E-state index >= 15 is 0 Å². The number of hydrogen-bond acceptors (Lipinski definition) is 1. The molecule has 1 amide bonds. The molecule has 0 aliphatic carbocycles. The summed E-state index contributed by atoms with van der Waals surface area (Å²) in [5.41, 5.74) is 3.79. The fraction of sp³-hybridized carbons (Fsp3) is 0.167. The Morgan fingerprint density at radius 3 is 2.67 bits per heavy atom. The van der Waals surface area contributed by atoms with Gasteiger partial charge in [-0.25, -0.2) is 4.39 Å². The number of rotatable bonds is 4. The lowest BCUT2D eigenvalue weighted by atomic mass is 10.1. The fourth-order valence-corrected chi connectivity index (χ4v) is 2.06. The minimum atomic E-state index is -0.309. The van der Waals surface area contributed by atoms with Gasteiger partial charge in [0.05, 0.1) is 0 Å². The van der Waals surface area contributed by atoms with E-state index in [2.05, 4.69) is 11.4 Å². The summed E-state index contributed by atoms with van der Waals surface area (Å²) in [5, 5.41) is 2.68. The molecule has 0 heterocycles. The van der Waals surface area contributed by atoms with E-state index in [9.17, 15) is 9.18 Å². The molecule has 0 saturated heterocycles. The smallest absolute Gasteiger partial charge is 0.244 e. The van der Waals surface area contributed by atoms with Gasteiger partial charge in [-0.15, -0.1) is 0 Å². The molecule has 1 N–H and O–H groups in total. The molecule has 0 saturated carbocycles. The Morgan fingerprint density at radius 2 is 1.95 bits per heavy atom. The first-order valence-corrected chi connectivity index (χ1v) is 6.83. The average molecular weight is 283 g/mol. The summed E-state index contributed by atoms with van der Waals surface area (Å²) in [6.45, 7) is 4.22. The lowest BCUT2D eigenvalue weighted by molar-refractivity contribution is -0.116. The molecule has 0 atom stereocenters. The lowest BCUT2D eigenvalue weighted by Crippen LogP contribution is -2.20. The van der Waals surface area contributed by atoms with Crippen LogP contribution in [-0.4, -0.2) is 5.91 Å². The van der Waals surface area contributed by atoms with Crippen molar-refractivity contribution in [3.05, 3.63) is 76.6 Å². The predicted octanol–water partition coefficient (Wildman–Crippen LogP) is 3.77. The molecule has 0 unspecified atom stereocenters. The Kier molecular flexibility index (Phi) is 4.88. The molecule has 2 aromatic rings. The molecule has 21 heavy (non-hydrogen) atoms. The number of hydrogen-bond donors (Lipinski definition) is 1. The van der Waals surface area contributed by atoms with E-state index in [1.807, 2.05) is 26.0 Å². The molecule has 2 nitrogen and oxygen atoms in total. The van der Waals surface area contributed by atoms with Gasteiger partial charge >= 0.3 is 0 Å². The number of amides is 1. The van der Waals surface area contributed by atoms with Gasteiger partial charge in [-0.2, -0.15) is 0 Å². The molecule has 3 heteroatoms. The largest absolute Gasteiger partial charge is 0.348 e.